The molecule has 0 saturated heterocycles. The number of para-hydroxylation sites is 1. The quantitative estimate of drug-likeness (QED) is 0.478. The van der Waals surface area contributed by atoms with Crippen LogP contribution in [0, 0.1) is 24.0 Å². The molecule has 0 saturated carbocycles. The van der Waals surface area contributed by atoms with Crippen LogP contribution in [0.15, 0.2) is 42.5 Å². The first kappa shape index (κ1) is 23.1. The summed E-state index contributed by atoms with van der Waals surface area (Å²) in [5.74, 6) is 0.149. The van der Waals surface area contributed by atoms with Crippen LogP contribution in [0.1, 0.15) is 18.1 Å². The summed E-state index contributed by atoms with van der Waals surface area (Å²) in [5.41, 5.74) is 1.28. The lowest BCUT2D eigenvalue weighted by molar-refractivity contribution is -0.384. The third-order valence-electron chi connectivity index (χ3n) is 4.35. The third-order valence-corrected chi connectivity index (χ3v) is 5.48. The molecule has 0 unspecified atom stereocenters. The number of nitro benzene ring substituents is 1. The van der Waals surface area contributed by atoms with Crippen molar-refractivity contribution < 1.29 is 22.9 Å². The molecule has 2 rings (SSSR count). The number of amides is 1. The lowest BCUT2D eigenvalue weighted by Crippen LogP contribution is -2.45. The van der Waals surface area contributed by atoms with Gasteiger partial charge in [-0.2, -0.15) is 0 Å². The number of carbonyl (C=O) groups is 1. The molecule has 30 heavy (non-hydrogen) atoms. The van der Waals surface area contributed by atoms with Crippen molar-refractivity contribution in [2.75, 3.05) is 23.7 Å². The second-order valence-electron chi connectivity index (χ2n) is 7.04. The molecule has 0 aliphatic carbocycles. The minimum atomic E-state index is -3.86. The molecule has 162 valence electrons. The SMILES string of the molecule is Cc1ccccc1OC[C@@H](C)NC(=O)CN(c1cc([N+](=O)[O-])ccc1C)S(C)(=O)=O. The predicted molar refractivity (Wildman–Crippen MR) is 114 cm³/mol. The highest BCUT2D eigenvalue weighted by molar-refractivity contribution is 7.92. The van der Waals surface area contributed by atoms with Gasteiger partial charge in [-0.05, 0) is 38.0 Å². The van der Waals surface area contributed by atoms with Crippen LogP contribution in [-0.4, -0.2) is 44.7 Å². The van der Waals surface area contributed by atoms with Crippen LogP contribution in [0.5, 0.6) is 5.75 Å². The fourth-order valence-corrected chi connectivity index (χ4v) is 3.69. The number of nitrogens with one attached hydrogen (secondary N) is 1. The first-order chi connectivity index (χ1) is 14.0. The topological polar surface area (TPSA) is 119 Å². The van der Waals surface area contributed by atoms with E-state index in [-0.39, 0.29) is 24.0 Å². The van der Waals surface area contributed by atoms with Crippen molar-refractivity contribution >= 4 is 27.3 Å². The van der Waals surface area contributed by atoms with Gasteiger partial charge < -0.3 is 10.1 Å². The van der Waals surface area contributed by atoms with E-state index in [0.717, 1.165) is 22.2 Å². The van der Waals surface area contributed by atoms with Gasteiger partial charge in [0.2, 0.25) is 15.9 Å². The maximum atomic E-state index is 12.5. The van der Waals surface area contributed by atoms with Crippen molar-refractivity contribution in [1.29, 1.82) is 0 Å². The second-order valence-corrected chi connectivity index (χ2v) is 8.95. The fraction of sp³-hybridized carbons (Fsp3) is 0.350. The van der Waals surface area contributed by atoms with Crippen molar-refractivity contribution in [2.45, 2.75) is 26.8 Å². The van der Waals surface area contributed by atoms with Crippen LogP contribution in [-0.2, 0) is 14.8 Å². The van der Waals surface area contributed by atoms with Crippen LogP contribution in [0.2, 0.25) is 0 Å². The molecule has 0 fully saturated rings. The molecular formula is C20H25N3O6S. The highest BCUT2D eigenvalue weighted by Crippen LogP contribution is 2.27. The standard InChI is InChI=1S/C20H25N3O6S/c1-14-9-10-17(23(25)26)11-18(14)22(30(4,27)28)12-20(24)21-16(3)13-29-19-8-6-5-7-15(19)2/h5-11,16H,12-13H2,1-4H3,(H,21,24)/t16-/m1/s1. The predicted octanol–water partition coefficient (Wildman–Crippen LogP) is 2.56. The smallest absolute Gasteiger partial charge is 0.271 e. The van der Waals surface area contributed by atoms with Crippen LogP contribution >= 0.6 is 0 Å². The van der Waals surface area contributed by atoms with Gasteiger partial charge in [-0.3, -0.25) is 19.2 Å². The van der Waals surface area contributed by atoms with Crippen molar-refractivity contribution in [1.82, 2.24) is 5.32 Å². The molecule has 0 heterocycles. The van der Waals surface area contributed by atoms with Gasteiger partial charge in [0.1, 0.15) is 18.9 Å². The summed E-state index contributed by atoms with van der Waals surface area (Å²) in [6.45, 7) is 4.96. The Balaban J connectivity index is 2.10. The molecule has 1 N–H and O–H groups in total. The number of sulfonamides is 1. The van der Waals surface area contributed by atoms with E-state index < -0.39 is 27.4 Å². The monoisotopic (exact) mass is 435 g/mol. The van der Waals surface area contributed by atoms with Crippen LogP contribution in [0.3, 0.4) is 0 Å². The Morgan fingerprint density at radius 1 is 1.20 bits per heavy atom. The van der Waals surface area contributed by atoms with E-state index in [1.54, 1.807) is 13.8 Å². The first-order valence-corrected chi connectivity index (χ1v) is 11.0. The normalized spacial score (nSPS) is 12.1. The second kappa shape index (κ2) is 9.57. The minimum absolute atomic E-state index is 0.0886. The van der Waals surface area contributed by atoms with Gasteiger partial charge >= 0.3 is 0 Å². The Bertz CT molecular complexity index is 1040. The maximum absolute atomic E-state index is 12.5. The third kappa shape index (κ3) is 6.18. The number of non-ortho nitro benzene ring substituents is 1. The average molecular weight is 436 g/mol. The zero-order chi connectivity index (χ0) is 22.5. The molecule has 0 radical (unpaired) electrons. The van der Waals surface area contributed by atoms with E-state index in [4.69, 9.17) is 4.74 Å². The van der Waals surface area contributed by atoms with E-state index in [9.17, 15) is 23.3 Å². The van der Waals surface area contributed by atoms with Crippen molar-refractivity contribution in [2.24, 2.45) is 0 Å². The first-order valence-electron chi connectivity index (χ1n) is 9.19. The summed E-state index contributed by atoms with van der Waals surface area (Å²) in [7, 11) is -3.86. The number of nitrogens with zero attached hydrogens (tertiary/aromatic N) is 2. The summed E-state index contributed by atoms with van der Waals surface area (Å²) in [4.78, 5) is 22.9. The number of rotatable bonds is 9. The van der Waals surface area contributed by atoms with Gasteiger partial charge in [0.15, 0.2) is 0 Å². The zero-order valence-electron chi connectivity index (χ0n) is 17.3. The molecule has 0 aromatic heterocycles. The molecule has 2 aromatic rings. The number of aryl methyl sites for hydroxylation is 2. The van der Waals surface area contributed by atoms with Gasteiger partial charge in [-0.25, -0.2) is 8.42 Å². The molecule has 2 aromatic carbocycles. The van der Waals surface area contributed by atoms with Crippen LogP contribution in [0.25, 0.3) is 0 Å². The Kier molecular flexibility index (Phi) is 7.38. The molecule has 0 bridgehead atoms. The average Bonchev–Trinajstić information content (AvgIpc) is 2.65. The summed E-state index contributed by atoms with van der Waals surface area (Å²) >= 11 is 0. The van der Waals surface area contributed by atoms with Crippen molar-refractivity contribution in [3.8, 4) is 5.75 Å². The molecule has 9 nitrogen and oxygen atoms in total. The Labute approximate surface area is 175 Å². The summed E-state index contributed by atoms with van der Waals surface area (Å²) in [5, 5.41) is 13.8. The largest absolute Gasteiger partial charge is 0.491 e. The van der Waals surface area contributed by atoms with Crippen LogP contribution in [0.4, 0.5) is 11.4 Å². The number of benzene rings is 2. The number of nitro groups is 1. The van der Waals surface area contributed by atoms with Crippen LogP contribution < -0.4 is 14.4 Å². The Hall–Kier alpha value is -3.14. The van der Waals surface area contributed by atoms with E-state index >= 15 is 0 Å². The summed E-state index contributed by atoms with van der Waals surface area (Å²) in [6, 6.07) is 11.0. The number of anilines is 1. The van der Waals surface area contributed by atoms with Gasteiger partial charge in [-0.15, -0.1) is 0 Å². The van der Waals surface area contributed by atoms with Gasteiger partial charge in [0.05, 0.1) is 22.9 Å². The highest BCUT2D eigenvalue weighted by Gasteiger charge is 2.25. The molecule has 0 aliphatic heterocycles. The molecule has 1 amide bonds. The highest BCUT2D eigenvalue weighted by atomic mass is 32.2. The van der Waals surface area contributed by atoms with Crippen molar-refractivity contribution in [3.05, 3.63) is 63.7 Å². The minimum Gasteiger partial charge on any atom is -0.491 e. The van der Waals surface area contributed by atoms with Gasteiger partial charge in [-0.1, -0.05) is 24.3 Å². The zero-order valence-corrected chi connectivity index (χ0v) is 18.1. The van der Waals surface area contributed by atoms with E-state index in [1.807, 2.05) is 31.2 Å². The molecular weight excluding hydrogens is 410 g/mol. The summed E-state index contributed by atoms with van der Waals surface area (Å²) < 4.78 is 31.1. The van der Waals surface area contributed by atoms with Crippen molar-refractivity contribution in [3.63, 3.8) is 0 Å². The lowest BCUT2D eigenvalue weighted by atomic mass is 10.2. The number of hydrogen-bond acceptors (Lipinski definition) is 6. The number of hydrogen-bond donors (Lipinski definition) is 1. The molecule has 10 heteroatoms. The van der Waals surface area contributed by atoms with Gasteiger partial charge in [0.25, 0.3) is 5.69 Å². The number of ether oxygens (including phenoxy) is 1. The lowest BCUT2D eigenvalue weighted by Gasteiger charge is -2.24. The van der Waals surface area contributed by atoms with E-state index in [2.05, 4.69) is 5.32 Å². The maximum Gasteiger partial charge on any atom is 0.271 e. The van der Waals surface area contributed by atoms with E-state index in [1.165, 1.54) is 12.1 Å². The summed E-state index contributed by atoms with van der Waals surface area (Å²) in [6.07, 6.45) is 0.948. The fourth-order valence-electron chi connectivity index (χ4n) is 2.79. The van der Waals surface area contributed by atoms with Gasteiger partial charge in [0, 0.05) is 12.1 Å². The van der Waals surface area contributed by atoms with E-state index in [0.29, 0.717) is 11.3 Å². The molecule has 0 spiro atoms. The molecule has 1 atom stereocenters. The number of carbonyl (C=O) groups excluding carboxylic acids is 1. The Morgan fingerprint density at radius 2 is 1.87 bits per heavy atom. The Morgan fingerprint density at radius 3 is 2.47 bits per heavy atom. The molecule has 0 aliphatic rings.